The zero-order valence-electron chi connectivity index (χ0n) is 78.2. The second-order valence-corrected chi connectivity index (χ2v) is 31.3. The number of Topliss-reactive ketones (excluding diaryl/α,β-unsaturated/α-hetero) is 6. The van der Waals surface area contributed by atoms with Crippen LogP contribution < -0.4 is 25.4 Å². The number of nitrogens with zero attached hydrogens (tertiary/aromatic N) is 3. The van der Waals surface area contributed by atoms with Crippen molar-refractivity contribution >= 4 is 111 Å². The van der Waals surface area contributed by atoms with Crippen LogP contribution in [0.3, 0.4) is 0 Å². The van der Waals surface area contributed by atoms with Gasteiger partial charge in [0.1, 0.15) is 54.2 Å². The Morgan fingerprint density at radius 2 is 0.673 bits per heavy atom. The molecule has 0 fully saturated rings. The first kappa shape index (κ1) is 113. The fourth-order valence-electron chi connectivity index (χ4n) is 14.0. The Bertz CT molecular complexity index is 7810. The molecule has 0 aliphatic carbocycles. The molecule has 150 heavy (non-hydrogen) atoms. The van der Waals surface area contributed by atoms with Gasteiger partial charge in [-0.2, -0.15) is 15.8 Å². The number of fused-ring (bicyclic) bond motifs is 1. The molecule has 0 saturated heterocycles. The van der Waals surface area contributed by atoms with Crippen molar-refractivity contribution in [1.82, 2.24) is 0 Å². The van der Waals surface area contributed by atoms with Crippen molar-refractivity contribution in [3.63, 3.8) is 0 Å². The van der Waals surface area contributed by atoms with Crippen molar-refractivity contribution in [2.45, 2.75) is 39.5 Å². The summed E-state index contributed by atoms with van der Waals surface area (Å²) >= 11 is 0. The molecule has 31 nitrogen and oxygen atoms in total. The molecule has 0 bridgehead atoms. The summed E-state index contributed by atoms with van der Waals surface area (Å²) in [6.45, 7) is 3.53. The molecule has 0 atom stereocenters. The fourth-order valence-corrected chi connectivity index (χ4v) is 14.0. The summed E-state index contributed by atoms with van der Waals surface area (Å²) in [6.07, 6.45) is 4.26. The maximum absolute atomic E-state index is 13.9. The van der Waals surface area contributed by atoms with Crippen LogP contribution in [-0.2, 0) is 25.7 Å². The van der Waals surface area contributed by atoms with E-state index in [2.05, 4.69) is 21.9 Å². The summed E-state index contributed by atoms with van der Waals surface area (Å²) in [5.74, 6) is -13.4. The summed E-state index contributed by atoms with van der Waals surface area (Å²) in [5.41, 5.74) is 1.34. The number of carbonyl (C=O) groups is 16. The molecule has 0 aromatic heterocycles. The highest BCUT2D eigenvalue weighted by molar-refractivity contribution is 6.14. The van der Waals surface area contributed by atoms with E-state index in [1.807, 2.05) is 6.07 Å². The molecule has 14 aromatic carbocycles. The van der Waals surface area contributed by atoms with Crippen LogP contribution in [-0.4, -0.2) is 143 Å². The first-order valence-electron chi connectivity index (χ1n) is 43.7. The number of hydrogen-bond acceptors (Lipinski definition) is 21. The number of aromatic carboxylic acids is 7. The Balaban J connectivity index is 0.000000194. The molecule has 10 N–H and O–H groups in total. The van der Waals surface area contributed by atoms with Gasteiger partial charge < -0.3 is 61.2 Å². The molecule has 14 aromatic rings. The lowest BCUT2D eigenvalue weighted by Gasteiger charge is -2.19. The van der Waals surface area contributed by atoms with Gasteiger partial charge in [-0.25, -0.2) is 59.9 Å². The Morgan fingerprint density at radius 3 is 1.09 bits per heavy atom. The van der Waals surface area contributed by atoms with Gasteiger partial charge in [-0.1, -0.05) is 133 Å². The number of terminal acetylenes is 1. The predicted molar refractivity (Wildman–Crippen MR) is 528 cm³/mol. The van der Waals surface area contributed by atoms with Crippen LogP contribution in [0.25, 0.3) is 0 Å². The number of ether oxygens (including phenoxy) is 2. The molecule has 0 radical (unpaired) electrons. The van der Waals surface area contributed by atoms with Crippen LogP contribution >= 0.6 is 0 Å². The topological polar surface area (TPSA) is 541 Å². The van der Waals surface area contributed by atoms with Crippen LogP contribution in [0.2, 0.25) is 0 Å². The molecule has 0 spiro atoms. The van der Waals surface area contributed by atoms with Crippen LogP contribution in [0.4, 0.5) is 43.4 Å². The average molecular weight is 2030 g/mol. The minimum absolute atomic E-state index is 0.0107. The second kappa shape index (κ2) is 53.7. The number of ketones is 6. The number of amides is 3. The van der Waals surface area contributed by atoms with Crippen molar-refractivity contribution in [1.29, 1.82) is 15.8 Å². The standard InChI is InChI=1S/2C17H13FO4.3C16H10FNO3.C16H13NO5.C15H9FN2O3/c1-10(19)11-6-7-15(18)12(8-11)9-16(20)13-4-2-3-5-14(13)17(21)22;1-10(19)14-8-11(6-7-15(14)18)9-16(20)12-4-2-3-5-13(12)17(21)22;1-2-10-9-11(7-8-14(10)17)18-15(19)12-5-3-4-6-13(12)16(20)21;17-15-10(4-3-5-11(15)9-18)8-14(19)12-6-1-2-7-13(12)16(20)21;17-12-6-10(5-11(7-12)9-18)8-15(19)13-3-1-2-4-14(13)16(20)21;18-15(11-3-1-2-4-12(11)16(19)20)17-10-5-6-13-14(9-10)22-8-7-21-13;16-12-6-5-9(8-17)7-13(12)18-14(19)10-3-1-2-4-11(10)15(20)21/h2*2-8H,9H2,1H3,(H,21,22);1,3-9H,(H,18,19)(H,20,21);2*1-7H,8H2,(H,20,21);1-6,9H,7-8H2,(H,17,18)(H,19,20);1-7H,(H,18,19)(H,20,21). The normalized spacial score (nSPS) is 10.3. The lowest BCUT2D eigenvalue weighted by Crippen LogP contribution is -2.18. The molecule has 0 unspecified atom stereocenters. The van der Waals surface area contributed by atoms with Crippen molar-refractivity contribution < 1.29 is 148 Å². The van der Waals surface area contributed by atoms with Crippen LogP contribution in [0.1, 0.15) is 224 Å². The summed E-state index contributed by atoms with van der Waals surface area (Å²) < 4.78 is 92.2. The molecule has 37 heteroatoms. The predicted octanol–water partition coefficient (Wildman–Crippen LogP) is 19.8. The van der Waals surface area contributed by atoms with Gasteiger partial charge in [-0.15, -0.1) is 6.42 Å². The number of nitriles is 3. The van der Waals surface area contributed by atoms with Crippen molar-refractivity contribution in [3.05, 3.63) is 466 Å². The first-order valence-corrected chi connectivity index (χ1v) is 43.7. The molecule has 752 valence electrons. The first-order chi connectivity index (χ1) is 71.5. The van der Waals surface area contributed by atoms with Crippen molar-refractivity contribution in [2.75, 3.05) is 29.2 Å². The summed E-state index contributed by atoms with van der Waals surface area (Å²) in [4.78, 5) is 186. The van der Waals surface area contributed by atoms with E-state index in [-0.39, 0.29) is 160 Å². The number of carboxylic acid groups (broad SMARTS) is 7. The highest BCUT2D eigenvalue weighted by atomic mass is 19.1. The average Bonchev–Trinajstić information content (AvgIpc) is 0.851. The number of carboxylic acids is 7. The van der Waals surface area contributed by atoms with Gasteiger partial charge >= 0.3 is 41.8 Å². The third kappa shape index (κ3) is 31.3. The molecular formula is C113H78F6N6O25. The van der Waals surface area contributed by atoms with Gasteiger partial charge in [-0.05, 0) is 200 Å². The third-order valence-corrected chi connectivity index (χ3v) is 21.1. The smallest absolute Gasteiger partial charge is 0.336 e. The summed E-state index contributed by atoms with van der Waals surface area (Å²) in [7, 11) is 0. The molecule has 1 aliphatic heterocycles. The highest BCUT2D eigenvalue weighted by Crippen LogP contribution is 2.34. The molecule has 1 heterocycles. The monoisotopic (exact) mass is 2030 g/mol. The van der Waals surface area contributed by atoms with E-state index in [1.54, 1.807) is 72.8 Å². The molecule has 3 amide bonds. The zero-order chi connectivity index (χ0) is 110. The molecule has 15 rings (SSSR count). The number of hydrogen-bond donors (Lipinski definition) is 10. The Kier molecular flexibility index (Phi) is 40.4. The van der Waals surface area contributed by atoms with E-state index in [0.29, 0.717) is 47.1 Å². The van der Waals surface area contributed by atoms with Gasteiger partial charge in [0, 0.05) is 70.9 Å². The summed E-state index contributed by atoms with van der Waals surface area (Å²) in [6, 6.07) is 73.8. The fraction of sp³-hybridized carbons (Fsp3) is 0.0708. The lowest BCUT2D eigenvalue weighted by atomic mass is 9.97. The second-order valence-electron chi connectivity index (χ2n) is 31.3. The molecular weight excluding hydrogens is 1960 g/mol. The minimum Gasteiger partial charge on any atom is -0.486 e. The van der Waals surface area contributed by atoms with Gasteiger partial charge in [0.15, 0.2) is 46.2 Å². The van der Waals surface area contributed by atoms with E-state index >= 15 is 0 Å². The quantitative estimate of drug-likeness (QED) is 0.0130. The number of anilines is 3. The van der Waals surface area contributed by atoms with Crippen LogP contribution in [0.15, 0.2) is 297 Å². The number of nitrogens with one attached hydrogen (secondary N) is 3. The van der Waals surface area contributed by atoms with Crippen molar-refractivity contribution in [2.24, 2.45) is 0 Å². The van der Waals surface area contributed by atoms with E-state index in [0.717, 1.165) is 36.4 Å². The van der Waals surface area contributed by atoms with E-state index in [9.17, 15) is 103 Å². The minimum atomic E-state index is -1.26. The Labute approximate surface area is 847 Å². The molecule has 1 aliphatic rings. The highest BCUT2D eigenvalue weighted by Gasteiger charge is 2.27. The number of rotatable bonds is 27. The van der Waals surface area contributed by atoms with Crippen molar-refractivity contribution in [3.8, 4) is 42.1 Å². The number of carbonyl (C=O) groups excluding carboxylic acids is 9. The van der Waals surface area contributed by atoms with Gasteiger partial charge in [0.2, 0.25) is 0 Å². The summed E-state index contributed by atoms with van der Waals surface area (Å²) in [5, 5.41) is 97.2. The Hall–Kier alpha value is -21.0. The SMILES string of the molecule is C#Cc1cc(NC(=O)c2ccccc2C(=O)O)ccc1F.CC(=O)c1cc(CC(=O)c2ccccc2C(=O)O)ccc1F.CC(=O)c1ccc(F)c(CC(=O)c2ccccc2C(=O)O)c1.N#Cc1cc(F)cc(CC(=O)c2ccccc2C(=O)O)c1.N#Cc1ccc(F)c(NC(=O)c2ccccc2C(=O)O)c1.N#Cc1cccc(CC(=O)c2ccccc2C(=O)O)c1F.O=C(O)c1ccccc1C(=O)Nc1ccc2c(c1)OCCO2. The third-order valence-electron chi connectivity index (χ3n) is 21.1. The Morgan fingerprint density at radius 1 is 0.300 bits per heavy atom. The lowest BCUT2D eigenvalue weighted by molar-refractivity contribution is 0.0683. The molecule has 0 saturated carbocycles. The van der Waals surface area contributed by atoms with Crippen LogP contribution in [0.5, 0.6) is 11.5 Å². The zero-order valence-corrected chi connectivity index (χ0v) is 78.2. The largest absolute Gasteiger partial charge is 0.486 e. The van der Waals surface area contributed by atoms with Crippen LogP contribution in [0, 0.1) is 81.2 Å². The maximum atomic E-state index is 13.9. The van der Waals surface area contributed by atoms with Gasteiger partial charge in [-0.3, -0.25) is 43.2 Å². The van der Waals surface area contributed by atoms with E-state index in [1.165, 1.54) is 214 Å². The van der Waals surface area contributed by atoms with Gasteiger partial charge in [0.05, 0.1) is 101 Å². The van der Waals surface area contributed by atoms with E-state index < -0.39 is 123 Å². The maximum Gasteiger partial charge on any atom is 0.336 e. The van der Waals surface area contributed by atoms with Gasteiger partial charge in [0.25, 0.3) is 17.7 Å². The van der Waals surface area contributed by atoms with E-state index in [4.69, 9.17) is 67.4 Å². The number of benzene rings is 14. The number of halogens is 6.